The molecule has 2 nitrogen and oxygen atoms in total. The topological polar surface area (TPSA) is 32.3 Å². The van der Waals surface area contributed by atoms with Gasteiger partial charge in [-0.2, -0.15) is 0 Å². The minimum Gasteiger partial charge on any atom is -0.381 e. The molecule has 0 saturated carbocycles. The van der Waals surface area contributed by atoms with Gasteiger partial charge in [0.25, 0.3) is 0 Å². The third-order valence-electron chi connectivity index (χ3n) is 2.09. The van der Waals surface area contributed by atoms with Crippen LogP contribution in [0.15, 0.2) is 24.3 Å². The number of rotatable bonds is 4. The fraction of sp³-hybridized carbons (Fsp3) is 0.455. The van der Waals surface area contributed by atoms with Crippen LogP contribution in [-0.4, -0.2) is 11.8 Å². The Morgan fingerprint density at radius 2 is 1.85 bits per heavy atom. The lowest BCUT2D eigenvalue weighted by molar-refractivity contribution is 0.259. The average molecular weight is 179 g/mol. The summed E-state index contributed by atoms with van der Waals surface area (Å²) in [4.78, 5) is 0. The Morgan fingerprint density at radius 1 is 1.23 bits per heavy atom. The van der Waals surface area contributed by atoms with Crippen molar-refractivity contribution in [3.05, 3.63) is 35.4 Å². The van der Waals surface area contributed by atoms with Gasteiger partial charge >= 0.3 is 0 Å². The highest BCUT2D eigenvalue weighted by Gasteiger charge is 1.97. The predicted molar refractivity (Wildman–Crippen MR) is 54.5 cm³/mol. The molecule has 1 rings (SSSR count). The lowest BCUT2D eigenvalue weighted by atomic mass is 10.0. The van der Waals surface area contributed by atoms with Crippen LogP contribution in [0.4, 0.5) is 0 Å². The molecule has 0 saturated heterocycles. The summed E-state index contributed by atoms with van der Waals surface area (Å²) in [6, 6.07) is 8.47. The number of aliphatic hydroxyl groups is 1. The molecule has 72 valence electrons. The molecule has 13 heavy (non-hydrogen) atoms. The highest BCUT2D eigenvalue weighted by Crippen LogP contribution is 2.14. The van der Waals surface area contributed by atoms with Crippen LogP contribution in [-0.2, 0) is 6.54 Å². The van der Waals surface area contributed by atoms with Crippen LogP contribution in [0.25, 0.3) is 0 Å². The lowest BCUT2D eigenvalue weighted by Crippen LogP contribution is -2.13. The second kappa shape index (κ2) is 5.00. The zero-order valence-electron chi connectivity index (χ0n) is 8.25. The van der Waals surface area contributed by atoms with Crippen molar-refractivity contribution < 1.29 is 5.11 Å². The Bertz CT molecular complexity index is 241. The van der Waals surface area contributed by atoms with E-state index in [-0.39, 0.29) is 6.73 Å². The molecule has 0 aromatic heterocycles. The summed E-state index contributed by atoms with van der Waals surface area (Å²) >= 11 is 0. The monoisotopic (exact) mass is 179 g/mol. The molecular weight excluding hydrogens is 162 g/mol. The number of nitrogens with one attached hydrogen (secondary N) is 1. The quantitative estimate of drug-likeness (QED) is 0.691. The van der Waals surface area contributed by atoms with Crippen molar-refractivity contribution >= 4 is 0 Å². The standard InChI is InChI=1S/C11H17NO/c1-9(2)11-5-3-10(4-6-11)7-12-8-13/h3-6,9,12-13H,7-8H2,1-2H3. The van der Waals surface area contributed by atoms with Crippen LogP contribution < -0.4 is 5.32 Å². The summed E-state index contributed by atoms with van der Waals surface area (Å²) in [6.07, 6.45) is 0. The molecule has 0 aliphatic rings. The normalized spacial score (nSPS) is 10.8. The average Bonchev–Trinajstić information content (AvgIpc) is 2.15. The van der Waals surface area contributed by atoms with E-state index in [1.165, 1.54) is 11.1 Å². The summed E-state index contributed by atoms with van der Waals surface area (Å²) in [6.45, 7) is 5.13. The molecular formula is C11H17NO. The van der Waals surface area contributed by atoms with E-state index in [9.17, 15) is 0 Å². The summed E-state index contributed by atoms with van der Waals surface area (Å²) in [5.41, 5.74) is 2.56. The molecule has 2 N–H and O–H groups in total. The van der Waals surface area contributed by atoms with Gasteiger partial charge in [-0.25, -0.2) is 0 Å². The van der Waals surface area contributed by atoms with Crippen LogP contribution >= 0.6 is 0 Å². The lowest BCUT2D eigenvalue weighted by Gasteiger charge is -2.06. The number of aliphatic hydroxyl groups excluding tert-OH is 1. The largest absolute Gasteiger partial charge is 0.381 e. The summed E-state index contributed by atoms with van der Waals surface area (Å²) in [7, 11) is 0. The molecule has 0 aliphatic carbocycles. The number of benzene rings is 1. The first-order valence-corrected chi connectivity index (χ1v) is 4.64. The Kier molecular flexibility index (Phi) is 3.93. The van der Waals surface area contributed by atoms with Gasteiger partial charge in [0, 0.05) is 6.54 Å². The molecule has 1 aromatic carbocycles. The minimum absolute atomic E-state index is 0.0337. The maximum atomic E-state index is 8.56. The predicted octanol–water partition coefficient (Wildman–Crippen LogP) is 1.85. The number of hydrogen-bond donors (Lipinski definition) is 2. The molecule has 0 amide bonds. The van der Waals surface area contributed by atoms with Crippen LogP contribution in [0.2, 0.25) is 0 Å². The second-order valence-corrected chi connectivity index (χ2v) is 3.48. The van der Waals surface area contributed by atoms with Crippen LogP contribution in [0.3, 0.4) is 0 Å². The minimum atomic E-state index is 0.0337. The molecule has 0 fully saturated rings. The molecule has 0 aliphatic heterocycles. The Morgan fingerprint density at radius 3 is 2.31 bits per heavy atom. The van der Waals surface area contributed by atoms with Crippen LogP contribution in [0.1, 0.15) is 30.9 Å². The van der Waals surface area contributed by atoms with Crippen molar-refractivity contribution in [2.75, 3.05) is 6.73 Å². The zero-order chi connectivity index (χ0) is 9.68. The van der Waals surface area contributed by atoms with E-state index < -0.39 is 0 Å². The van der Waals surface area contributed by atoms with Gasteiger partial charge in [-0.15, -0.1) is 0 Å². The molecule has 0 radical (unpaired) electrons. The molecule has 0 atom stereocenters. The first kappa shape index (κ1) is 10.2. The smallest absolute Gasteiger partial charge is 0.0934 e. The van der Waals surface area contributed by atoms with Crippen LogP contribution in [0.5, 0.6) is 0 Å². The van der Waals surface area contributed by atoms with E-state index in [1.54, 1.807) is 0 Å². The van der Waals surface area contributed by atoms with Gasteiger partial charge in [0.1, 0.15) is 0 Å². The van der Waals surface area contributed by atoms with Gasteiger partial charge in [-0.3, -0.25) is 5.32 Å². The Balaban J connectivity index is 2.59. The second-order valence-electron chi connectivity index (χ2n) is 3.48. The molecule has 1 aromatic rings. The maximum absolute atomic E-state index is 8.56. The van der Waals surface area contributed by atoms with Gasteiger partial charge in [-0.1, -0.05) is 38.1 Å². The van der Waals surface area contributed by atoms with Gasteiger partial charge in [-0.05, 0) is 17.0 Å². The molecule has 0 heterocycles. The summed E-state index contributed by atoms with van der Waals surface area (Å²) < 4.78 is 0. The fourth-order valence-corrected chi connectivity index (χ4v) is 1.22. The van der Waals surface area contributed by atoms with E-state index in [0.717, 1.165) is 6.54 Å². The van der Waals surface area contributed by atoms with Gasteiger partial charge in [0.2, 0.25) is 0 Å². The highest BCUT2D eigenvalue weighted by molar-refractivity contribution is 5.24. The van der Waals surface area contributed by atoms with Gasteiger partial charge < -0.3 is 5.11 Å². The van der Waals surface area contributed by atoms with Crippen molar-refractivity contribution in [1.29, 1.82) is 0 Å². The highest BCUT2D eigenvalue weighted by atomic mass is 16.3. The molecule has 0 unspecified atom stereocenters. The Labute approximate surface area is 79.6 Å². The van der Waals surface area contributed by atoms with E-state index >= 15 is 0 Å². The first-order valence-electron chi connectivity index (χ1n) is 4.64. The van der Waals surface area contributed by atoms with E-state index in [1.807, 2.05) is 0 Å². The molecule has 0 bridgehead atoms. The zero-order valence-corrected chi connectivity index (χ0v) is 8.25. The van der Waals surface area contributed by atoms with E-state index in [0.29, 0.717) is 5.92 Å². The first-order chi connectivity index (χ1) is 6.24. The van der Waals surface area contributed by atoms with Crippen LogP contribution in [0, 0.1) is 0 Å². The van der Waals surface area contributed by atoms with Gasteiger partial charge in [0.15, 0.2) is 0 Å². The fourth-order valence-electron chi connectivity index (χ4n) is 1.22. The van der Waals surface area contributed by atoms with Gasteiger partial charge in [0.05, 0.1) is 6.73 Å². The number of hydrogen-bond acceptors (Lipinski definition) is 2. The molecule has 0 spiro atoms. The summed E-state index contributed by atoms with van der Waals surface area (Å²) in [5.74, 6) is 0.583. The van der Waals surface area contributed by atoms with E-state index in [2.05, 4.69) is 43.4 Å². The third-order valence-corrected chi connectivity index (χ3v) is 2.09. The molecule has 2 heteroatoms. The SMILES string of the molecule is CC(C)c1ccc(CNCO)cc1. The van der Waals surface area contributed by atoms with Crippen molar-refractivity contribution in [2.45, 2.75) is 26.3 Å². The summed E-state index contributed by atoms with van der Waals surface area (Å²) in [5, 5.41) is 11.4. The van der Waals surface area contributed by atoms with Crippen molar-refractivity contribution in [1.82, 2.24) is 5.32 Å². The van der Waals surface area contributed by atoms with Crippen molar-refractivity contribution in [2.24, 2.45) is 0 Å². The maximum Gasteiger partial charge on any atom is 0.0934 e. The van der Waals surface area contributed by atoms with Crippen molar-refractivity contribution in [3.8, 4) is 0 Å². The van der Waals surface area contributed by atoms with Crippen molar-refractivity contribution in [3.63, 3.8) is 0 Å². The Hall–Kier alpha value is -0.860. The third kappa shape index (κ3) is 3.17. The van der Waals surface area contributed by atoms with E-state index in [4.69, 9.17) is 5.11 Å².